The zero-order valence-electron chi connectivity index (χ0n) is 16.5. The molecule has 1 aromatic heterocycles. The molecule has 1 aliphatic rings. The molecule has 0 fully saturated rings. The van der Waals surface area contributed by atoms with Crippen LogP contribution < -0.4 is 14.8 Å². The van der Waals surface area contributed by atoms with E-state index in [1.807, 2.05) is 36.4 Å². The zero-order chi connectivity index (χ0) is 20.6. The molecule has 0 amide bonds. The predicted octanol–water partition coefficient (Wildman–Crippen LogP) is 3.24. The summed E-state index contributed by atoms with van der Waals surface area (Å²) >= 11 is 0. The predicted molar refractivity (Wildman–Crippen MR) is 111 cm³/mol. The summed E-state index contributed by atoms with van der Waals surface area (Å²) in [6.07, 6.45) is 1.86. The Kier molecular flexibility index (Phi) is 6.54. The van der Waals surface area contributed by atoms with Crippen molar-refractivity contribution in [3.05, 3.63) is 48.3 Å². The molecule has 0 spiro atoms. The van der Waals surface area contributed by atoms with E-state index < -0.39 is 0 Å². The van der Waals surface area contributed by atoms with Gasteiger partial charge in [-0.15, -0.1) is 0 Å². The summed E-state index contributed by atoms with van der Waals surface area (Å²) in [6.45, 7) is 2.80. The Bertz CT molecular complexity index is 1050. The van der Waals surface area contributed by atoms with Crippen LogP contribution in [0, 0.1) is 11.3 Å². The van der Waals surface area contributed by atoms with Gasteiger partial charge in [-0.05, 0) is 23.8 Å². The van der Waals surface area contributed by atoms with Gasteiger partial charge in [-0.3, -0.25) is 0 Å². The molecule has 0 aliphatic carbocycles. The minimum absolute atomic E-state index is 0.352. The van der Waals surface area contributed by atoms with Crippen LogP contribution in [0.25, 0.3) is 10.9 Å². The third-order valence-corrected chi connectivity index (χ3v) is 4.52. The van der Waals surface area contributed by atoms with Gasteiger partial charge in [-0.2, -0.15) is 5.26 Å². The highest BCUT2D eigenvalue weighted by atomic mass is 16.6. The third-order valence-electron chi connectivity index (χ3n) is 4.52. The molecule has 0 saturated carbocycles. The highest BCUT2D eigenvalue weighted by Crippen LogP contribution is 2.35. The first kappa shape index (κ1) is 19.9. The van der Waals surface area contributed by atoms with Crippen LogP contribution in [-0.2, 0) is 15.9 Å². The molecule has 2 aromatic carbocycles. The number of nitrogens with zero attached hydrogens (tertiary/aromatic N) is 3. The van der Waals surface area contributed by atoms with Crippen LogP contribution in [0.3, 0.4) is 0 Å². The molecule has 0 saturated heterocycles. The topological polar surface area (TPSA) is 98.5 Å². The van der Waals surface area contributed by atoms with Crippen molar-refractivity contribution in [1.29, 1.82) is 5.26 Å². The molecule has 8 heteroatoms. The Morgan fingerprint density at radius 1 is 0.900 bits per heavy atom. The molecule has 1 N–H and O–H groups in total. The van der Waals surface area contributed by atoms with Crippen LogP contribution in [0.2, 0.25) is 0 Å². The second-order valence-corrected chi connectivity index (χ2v) is 6.62. The Morgan fingerprint density at radius 2 is 1.63 bits per heavy atom. The summed E-state index contributed by atoms with van der Waals surface area (Å²) < 4.78 is 22.7. The van der Waals surface area contributed by atoms with Crippen molar-refractivity contribution in [2.75, 3.05) is 45.0 Å². The van der Waals surface area contributed by atoms with E-state index in [9.17, 15) is 0 Å². The number of anilines is 2. The number of fused-ring (bicyclic) bond motifs is 2. The number of benzene rings is 2. The summed E-state index contributed by atoms with van der Waals surface area (Å²) in [7, 11) is 0. The van der Waals surface area contributed by atoms with Crippen LogP contribution >= 0.6 is 0 Å². The normalized spacial score (nSPS) is 14.9. The number of rotatable bonds is 3. The molecule has 1 aliphatic heterocycles. The molecule has 0 unspecified atom stereocenters. The first-order valence-corrected chi connectivity index (χ1v) is 9.76. The Morgan fingerprint density at radius 3 is 2.40 bits per heavy atom. The lowest BCUT2D eigenvalue weighted by Gasteiger charge is -2.16. The molecule has 4 rings (SSSR count). The van der Waals surface area contributed by atoms with Gasteiger partial charge >= 0.3 is 0 Å². The van der Waals surface area contributed by atoms with E-state index in [0.29, 0.717) is 63.4 Å². The van der Waals surface area contributed by atoms with Gasteiger partial charge < -0.3 is 24.3 Å². The molecule has 0 radical (unpaired) electrons. The second kappa shape index (κ2) is 9.87. The van der Waals surface area contributed by atoms with E-state index in [1.54, 1.807) is 0 Å². The molecular weight excluding hydrogens is 384 g/mol. The molecule has 154 valence electrons. The third kappa shape index (κ3) is 4.95. The molecule has 8 nitrogen and oxygen atoms in total. The smallest absolute Gasteiger partial charge is 0.163 e. The van der Waals surface area contributed by atoms with E-state index in [4.69, 9.17) is 24.2 Å². The van der Waals surface area contributed by atoms with E-state index in [2.05, 4.69) is 21.4 Å². The fourth-order valence-electron chi connectivity index (χ4n) is 3.12. The summed E-state index contributed by atoms with van der Waals surface area (Å²) in [5.74, 6) is 1.85. The number of aromatic nitrogens is 2. The van der Waals surface area contributed by atoms with Crippen LogP contribution in [0.4, 0.5) is 11.5 Å². The molecule has 30 heavy (non-hydrogen) atoms. The number of hydrogen-bond donors (Lipinski definition) is 1. The highest BCUT2D eigenvalue weighted by Gasteiger charge is 2.13. The van der Waals surface area contributed by atoms with Crippen LogP contribution in [0.1, 0.15) is 5.56 Å². The van der Waals surface area contributed by atoms with Crippen molar-refractivity contribution in [3.8, 4) is 17.6 Å². The van der Waals surface area contributed by atoms with Crippen LogP contribution in [-0.4, -0.2) is 49.6 Å². The minimum Gasteiger partial charge on any atom is -0.487 e. The van der Waals surface area contributed by atoms with Crippen molar-refractivity contribution < 1.29 is 18.9 Å². The van der Waals surface area contributed by atoms with Crippen molar-refractivity contribution in [3.63, 3.8) is 0 Å². The van der Waals surface area contributed by atoms with E-state index >= 15 is 0 Å². The summed E-state index contributed by atoms with van der Waals surface area (Å²) in [5.41, 5.74) is 2.51. The first-order valence-electron chi connectivity index (χ1n) is 9.76. The fraction of sp³-hybridized carbons (Fsp3) is 0.318. The quantitative estimate of drug-likeness (QED) is 0.708. The lowest BCUT2D eigenvalue weighted by molar-refractivity contribution is 0.0224. The fourth-order valence-corrected chi connectivity index (χ4v) is 3.12. The van der Waals surface area contributed by atoms with Crippen molar-refractivity contribution in [1.82, 2.24) is 9.97 Å². The van der Waals surface area contributed by atoms with Crippen molar-refractivity contribution >= 4 is 22.4 Å². The first-order chi connectivity index (χ1) is 14.8. The van der Waals surface area contributed by atoms with Crippen LogP contribution in [0.5, 0.6) is 11.5 Å². The standard InChI is InChI=1S/C22H22N4O4/c23-5-4-16-2-1-3-17(12-16)26-22-18-13-20-21(14-19(18)24-15-25-22)30-11-9-28-7-6-27-8-10-29-20/h1-3,12-15H,4,6-11H2,(H,24,25,26). The molecule has 2 heterocycles. The maximum Gasteiger partial charge on any atom is 0.163 e. The maximum atomic E-state index is 8.93. The molecule has 0 bridgehead atoms. The van der Waals surface area contributed by atoms with Gasteiger partial charge in [0.05, 0.1) is 44.4 Å². The van der Waals surface area contributed by atoms with Crippen molar-refractivity contribution in [2.24, 2.45) is 0 Å². The van der Waals surface area contributed by atoms with Crippen molar-refractivity contribution in [2.45, 2.75) is 6.42 Å². The van der Waals surface area contributed by atoms with Gasteiger partial charge in [0.15, 0.2) is 11.5 Å². The number of ether oxygens (including phenoxy) is 4. The van der Waals surface area contributed by atoms with Gasteiger partial charge in [-0.1, -0.05) is 12.1 Å². The van der Waals surface area contributed by atoms with E-state index in [-0.39, 0.29) is 0 Å². The Labute approximate surface area is 174 Å². The van der Waals surface area contributed by atoms with Gasteiger partial charge in [0.1, 0.15) is 25.4 Å². The number of nitriles is 1. The largest absolute Gasteiger partial charge is 0.487 e. The average molecular weight is 406 g/mol. The minimum atomic E-state index is 0.352. The van der Waals surface area contributed by atoms with Gasteiger partial charge in [0, 0.05) is 17.1 Å². The number of hydrogen-bond acceptors (Lipinski definition) is 8. The lowest BCUT2D eigenvalue weighted by atomic mass is 10.1. The summed E-state index contributed by atoms with van der Waals surface area (Å²) in [6, 6.07) is 13.6. The van der Waals surface area contributed by atoms with E-state index in [1.165, 1.54) is 6.33 Å². The second-order valence-electron chi connectivity index (χ2n) is 6.62. The molecule has 3 aromatic rings. The number of nitrogens with one attached hydrogen (secondary N) is 1. The summed E-state index contributed by atoms with van der Waals surface area (Å²) in [4.78, 5) is 8.78. The highest BCUT2D eigenvalue weighted by molar-refractivity contribution is 5.93. The van der Waals surface area contributed by atoms with Gasteiger partial charge in [-0.25, -0.2) is 9.97 Å². The SMILES string of the molecule is N#CCc1cccc(Nc2ncnc3cc4c(cc23)OCCOCCOCCO4)c1. The molecular formula is C22H22N4O4. The Balaban J connectivity index is 1.65. The van der Waals surface area contributed by atoms with Gasteiger partial charge in [0.2, 0.25) is 0 Å². The van der Waals surface area contributed by atoms with Gasteiger partial charge in [0.25, 0.3) is 0 Å². The average Bonchev–Trinajstić information content (AvgIpc) is 2.74. The Hall–Kier alpha value is -3.41. The van der Waals surface area contributed by atoms with E-state index in [0.717, 1.165) is 22.2 Å². The summed E-state index contributed by atoms with van der Waals surface area (Å²) in [5, 5.41) is 13.1. The lowest BCUT2D eigenvalue weighted by Crippen LogP contribution is -2.15. The monoisotopic (exact) mass is 406 g/mol. The maximum absolute atomic E-state index is 8.93. The molecule has 0 atom stereocenters. The van der Waals surface area contributed by atoms with Crippen LogP contribution in [0.15, 0.2) is 42.7 Å². The zero-order valence-corrected chi connectivity index (χ0v) is 16.5.